The number of halogens is 3. The molecule has 0 saturated carbocycles. The topological polar surface area (TPSA) is 26.3 Å². The van der Waals surface area contributed by atoms with E-state index in [1.54, 1.807) is 0 Å². The van der Waals surface area contributed by atoms with Crippen molar-refractivity contribution in [2.24, 2.45) is 0 Å². The molecule has 0 spiro atoms. The zero-order valence-corrected chi connectivity index (χ0v) is 18.8. The second kappa shape index (κ2) is 7.53. The van der Waals surface area contributed by atoms with Crippen molar-refractivity contribution < 1.29 is 9.53 Å². The molecule has 0 saturated heterocycles. The molecule has 0 fully saturated rings. The molecule has 0 amide bonds. The first-order valence-corrected chi connectivity index (χ1v) is 10.8. The van der Waals surface area contributed by atoms with Crippen LogP contribution in [0.2, 0.25) is 0 Å². The summed E-state index contributed by atoms with van der Waals surface area (Å²) in [6.07, 6.45) is 1.98. The number of aryl methyl sites for hydroxylation is 1. The molecule has 25 heavy (non-hydrogen) atoms. The maximum atomic E-state index is 12.8. The van der Waals surface area contributed by atoms with Gasteiger partial charge in [0.15, 0.2) is 5.78 Å². The fraction of sp³-hybridized carbons (Fsp3) is 0.350. The van der Waals surface area contributed by atoms with Crippen molar-refractivity contribution in [1.82, 2.24) is 0 Å². The van der Waals surface area contributed by atoms with Crippen LogP contribution < -0.4 is 4.74 Å². The minimum atomic E-state index is -0.346. The Morgan fingerprint density at radius 2 is 1.92 bits per heavy atom. The van der Waals surface area contributed by atoms with Gasteiger partial charge in [-0.2, -0.15) is 0 Å². The van der Waals surface area contributed by atoms with Crippen molar-refractivity contribution in [1.29, 1.82) is 0 Å². The van der Waals surface area contributed by atoms with E-state index >= 15 is 0 Å². The van der Waals surface area contributed by atoms with Gasteiger partial charge in [-0.15, -0.1) is 0 Å². The highest BCUT2D eigenvalue weighted by Crippen LogP contribution is 2.39. The number of fused-ring (bicyclic) bond motifs is 1. The summed E-state index contributed by atoms with van der Waals surface area (Å²) >= 11 is 10.7. The molecular formula is C20H19Br3O2. The number of benzene rings is 2. The molecule has 2 aromatic rings. The summed E-state index contributed by atoms with van der Waals surface area (Å²) in [6.45, 7) is 4.23. The van der Waals surface area contributed by atoms with Crippen LogP contribution in [0.5, 0.6) is 5.75 Å². The monoisotopic (exact) mass is 528 g/mol. The van der Waals surface area contributed by atoms with Gasteiger partial charge in [0.25, 0.3) is 0 Å². The Morgan fingerprint density at radius 3 is 2.64 bits per heavy atom. The first-order valence-electron chi connectivity index (χ1n) is 8.16. The van der Waals surface area contributed by atoms with E-state index in [4.69, 9.17) is 4.74 Å². The average molecular weight is 531 g/mol. The van der Waals surface area contributed by atoms with Crippen LogP contribution in [-0.4, -0.2) is 16.2 Å². The lowest BCUT2D eigenvalue weighted by Crippen LogP contribution is -2.32. The molecule has 2 atom stereocenters. The number of Topliss-reactive ketones (excluding diaryl/α,β-unsaturated/α-hetero) is 1. The second-order valence-corrected chi connectivity index (χ2v) is 9.80. The Kier molecular flexibility index (Phi) is 5.76. The van der Waals surface area contributed by atoms with Crippen molar-refractivity contribution >= 4 is 53.6 Å². The van der Waals surface area contributed by atoms with Gasteiger partial charge >= 0.3 is 0 Å². The number of rotatable bonds is 4. The lowest BCUT2D eigenvalue weighted by molar-refractivity contribution is 0.0846. The third-order valence-corrected chi connectivity index (χ3v) is 7.61. The lowest BCUT2D eigenvalue weighted by Gasteiger charge is -2.33. The van der Waals surface area contributed by atoms with E-state index in [0.717, 1.165) is 28.6 Å². The third-order valence-electron chi connectivity index (χ3n) is 4.40. The molecule has 0 radical (unpaired) electrons. The Hall–Kier alpha value is -0.650. The molecular weight excluding hydrogens is 512 g/mol. The molecule has 2 nitrogen and oxygen atoms in total. The third kappa shape index (κ3) is 4.37. The minimum absolute atomic E-state index is 0.0540. The van der Waals surface area contributed by atoms with Crippen LogP contribution in [0.25, 0.3) is 0 Å². The first-order chi connectivity index (χ1) is 11.8. The fourth-order valence-corrected chi connectivity index (χ4v) is 4.45. The Balaban J connectivity index is 1.81. The Labute approximate surface area is 173 Å². The van der Waals surface area contributed by atoms with E-state index in [1.807, 2.05) is 36.4 Å². The molecule has 2 unspecified atom stereocenters. The second-order valence-electron chi connectivity index (χ2n) is 6.91. The number of hydrogen-bond donors (Lipinski definition) is 0. The summed E-state index contributed by atoms with van der Waals surface area (Å²) in [5.74, 6) is 1.00. The summed E-state index contributed by atoms with van der Waals surface area (Å²) < 4.78 is 6.95. The number of carbonyl (C=O) groups excluding carboxylic acids is 1. The SMILES string of the molecule is CC1(C)CCc2cc(C(Br)C(Br)C(=O)c3cccc(Br)c3)ccc2O1. The van der Waals surface area contributed by atoms with Crippen LogP contribution in [0.3, 0.4) is 0 Å². The van der Waals surface area contributed by atoms with E-state index in [2.05, 4.69) is 67.7 Å². The van der Waals surface area contributed by atoms with Crippen LogP contribution in [0, 0.1) is 0 Å². The minimum Gasteiger partial charge on any atom is -0.488 e. The molecule has 1 aliphatic rings. The van der Waals surface area contributed by atoms with Crippen LogP contribution >= 0.6 is 47.8 Å². The molecule has 0 bridgehead atoms. The normalized spacial score (nSPS) is 18.0. The van der Waals surface area contributed by atoms with Gasteiger partial charge in [-0.3, -0.25) is 4.79 Å². The van der Waals surface area contributed by atoms with E-state index < -0.39 is 0 Å². The van der Waals surface area contributed by atoms with Crippen molar-refractivity contribution in [3.8, 4) is 5.75 Å². The van der Waals surface area contributed by atoms with Crippen LogP contribution in [0.15, 0.2) is 46.9 Å². The van der Waals surface area contributed by atoms with Gasteiger partial charge in [-0.05, 0) is 56.0 Å². The Bertz CT molecular complexity index is 801. The maximum Gasteiger partial charge on any atom is 0.177 e. The van der Waals surface area contributed by atoms with Gasteiger partial charge in [-0.1, -0.05) is 72.1 Å². The fourth-order valence-electron chi connectivity index (χ4n) is 2.95. The summed E-state index contributed by atoms with van der Waals surface area (Å²) in [5.41, 5.74) is 2.85. The summed E-state index contributed by atoms with van der Waals surface area (Å²) in [6, 6.07) is 13.7. The zero-order valence-electron chi connectivity index (χ0n) is 14.1. The predicted octanol–water partition coefficient (Wildman–Crippen LogP) is 6.64. The highest BCUT2D eigenvalue weighted by Gasteiger charge is 2.29. The molecule has 0 aromatic heterocycles. The summed E-state index contributed by atoms with van der Waals surface area (Å²) in [7, 11) is 0. The highest BCUT2D eigenvalue weighted by molar-refractivity contribution is 9.12. The van der Waals surface area contributed by atoms with Gasteiger partial charge in [0, 0.05) is 10.0 Å². The van der Waals surface area contributed by atoms with Crippen molar-refractivity contribution in [2.75, 3.05) is 0 Å². The number of alkyl halides is 2. The van der Waals surface area contributed by atoms with Gasteiger partial charge < -0.3 is 4.74 Å². The van der Waals surface area contributed by atoms with Crippen molar-refractivity contribution in [3.63, 3.8) is 0 Å². The summed E-state index contributed by atoms with van der Waals surface area (Å²) in [5, 5.41) is 0. The molecule has 3 rings (SSSR count). The van der Waals surface area contributed by atoms with Crippen LogP contribution in [0.4, 0.5) is 0 Å². The largest absolute Gasteiger partial charge is 0.488 e. The molecule has 1 heterocycles. The Morgan fingerprint density at radius 1 is 1.16 bits per heavy atom. The number of ether oxygens (including phenoxy) is 1. The number of ketones is 1. The molecule has 132 valence electrons. The van der Waals surface area contributed by atoms with Crippen molar-refractivity contribution in [2.45, 2.75) is 41.9 Å². The molecule has 1 aliphatic heterocycles. The quantitative estimate of drug-likeness (QED) is 0.327. The molecule has 0 N–H and O–H groups in total. The first kappa shape index (κ1) is 19.1. The van der Waals surface area contributed by atoms with E-state index in [-0.39, 0.29) is 21.0 Å². The van der Waals surface area contributed by atoms with Crippen LogP contribution in [-0.2, 0) is 6.42 Å². The average Bonchev–Trinajstić information content (AvgIpc) is 2.58. The maximum absolute atomic E-state index is 12.8. The van der Waals surface area contributed by atoms with E-state index in [9.17, 15) is 4.79 Å². The molecule has 5 heteroatoms. The number of hydrogen-bond acceptors (Lipinski definition) is 2. The summed E-state index contributed by atoms with van der Waals surface area (Å²) in [4.78, 5) is 12.3. The molecule has 0 aliphatic carbocycles. The van der Waals surface area contributed by atoms with Crippen molar-refractivity contribution in [3.05, 3.63) is 63.6 Å². The van der Waals surface area contributed by atoms with E-state index in [1.165, 1.54) is 5.56 Å². The van der Waals surface area contributed by atoms with Gasteiger partial charge in [-0.25, -0.2) is 0 Å². The van der Waals surface area contributed by atoms with Gasteiger partial charge in [0.2, 0.25) is 0 Å². The highest BCUT2D eigenvalue weighted by atomic mass is 79.9. The molecule has 2 aromatic carbocycles. The predicted molar refractivity (Wildman–Crippen MR) is 112 cm³/mol. The van der Waals surface area contributed by atoms with E-state index in [0.29, 0.717) is 5.56 Å². The lowest BCUT2D eigenvalue weighted by atomic mass is 9.92. The zero-order chi connectivity index (χ0) is 18.2. The standard InChI is InChI=1S/C20H19Br3O2/c1-20(2)9-8-12-10-13(6-7-16(12)25-20)17(22)18(23)19(24)14-4-3-5-15(21)11-14/h3-7,10-11,17-18H,8-9H2,1-2H3. The number of carbonyl (C=O) groups is 1. The smallest absolute Gasteiger partial charge is 0.177 e. The van der Waals surface area contributed by atoms with Gasteiger partial charge in [0.05, 0.1) is 9.65 Å². The van der Waals surface area contributed by atoms with Gasteiger partial charge in [0.1, 0.15) is 11.4 Å². The van der Waals surface area contributed by atoms with Crippen LogP contribution in [0.1, 0.15) is 46.6 Å².